The molecule has 0 aliphatic heterocycles. The zero-order valence-electron chi connectivity index (χ0n) is 10.1. The van der Waals surface area contributed by atoms with Crippen LogP contribution in [0.4, 0.5) is 0 Å². The molecule has 3 nitrogen and oxygen atoms in total. The SMILES string of the molecule is NC(=O)CCCNCc1ccc(C2CC2)cc1. The molecule has 1 saturated carbocycles. The number of nitrogens with one attached hydrogen (secondary N) is 1. The molecule has 1 aromatic rings. The summed E-state index contributed by atoms with van der Waals surface area (Å²) in [4.78, 5) is 10.5. The molecule has 0 bridgehead atoms. The number of carbonyl (C=O) groups excluding carboxylic acids is 1. The van der Waals surface area contributed by atoms with E-state index in [1.54, 1.807) is 0 Å². The zero-order chi connectivity index (χ0) is 12.1. The number of benzene rings is 1. The van der Waals surface area contributed by atoms with Crippen LogP contribution in [0.2, 0.25) is 0 Å². The van der Waals surface area contributed by atoms with Crippen LogP contribution in [0, 0.1) is 0 Å². The van der Waals surface area contributed by atoms with E-state index in [1.165, 1.54) is 24.0 Å². The van der Waals surface area contributed by atoms with Gasteiger partial charge in [-0.15, -0.1) is 0 Å². The van der Waals surface area contributed by atoms with Crippen LogP contribution in [0.5, 0.6) is 0 Å². The van der Waals surface area contributed by atoms with E-state index in [-0.39, 0.29) is 5.91 Å². The summed E-state index contributed by atoms with van der Waals surface area (Å²) in [7, 11) is 0. The van der Waals surface area contributed by atoms with Gasteiger partial charge < -0.3 is 11.1 Å². The normalized spacial score (nSPS) is 14.8. The van der Waals surface area contributed by atoms with Gasteiger partial charge in [0.2, 0.25) is 5.91 Å². The van der Waals surface area contributed by atoms with Crippen LogP contribution in [0.3, 0.4) is 0 Å². The minimum atomic E-state index is -0.222. The lowest BCUT2D eigenvalue weighted by molar-refractivity contribution is -0.118. The van der Waals surface area contributed by atoms with Gasteiger partial charge in [-0.2, -0.15) is 0 Å². The standard InChI is InChI=1S/C14H20N2O/c15-14(17)2-1-9-16-10-11-3-5-12(6-4-11)13-7-8-13/h3-6,13,16H,1-2,7-10H2,(H2,15,17). The maximum atomic E-state index is 10.5. The lowest BCUT2D eigenvalue weighted by atomic mass is 10.1. The highest BCUT2D eigenvalue weighted by Gasteiger charge is 2.22. The summed E-state index contributed by atoms with van der Waals surface area (Å²) in [6.07, 6.45) is 3.98. The minimum absolute atomic E-state index is 0.222. The summed E-state index contributed by atoms with van der Waals surface area (Å²) < 4.78 is 0. The van der Waals surface area contributed by atoms with Crippen molar-refractivity contribution in [1.29, 1.82) is 0 Å². The van der Waals surface area contributed by atoms with Gasteiger partial charge in [-0.3, -0.25) is 4.79 Å². The van der Waals surface area contributed by atoms with Gasteiger partial charge in [-0.1, -0.05) is 24.3 Å². The van der Waals surface area contributed by atoms with Crippen LogP contribution >= 0.6 is 0 Å². The molecular weight excluding hydrogens is 212 g/mol. The van der Waals surface area contributed by atoms with E-state index in [4.69, 9.17) is 5.73 Å². The van der Waals surface area contributed by atoms with Crippen molar-refractivity contribution < 1.29 is 4.79 Å². The van der Waals surface area contributed by atoms with E-state index < -0.39 is 0 Å². The maximum absolute atomic E-state index is 10.5. The molecule has 1 aliphatic rings. The van der Waals surface area contributed by atoms with E-state index in [0.29, 0.717) is 6.42 Å². The molecule has 1 aromatic carbocycles. The minimum Gasteiger partial charge on any atom is -0.370 e. The molecule has 1 aliphatic carbocycles. The molecule has 0 aromatic heterocycles. The Morgan fingerprint density at radius 2 is 2.00 bits per heavy atom. The zero-order valence-corrected chi connectivity index (χ0v) is 10.1. The van der Waals surface area contributed by atoms with Crippen molar-refractivity contribution in [2.75, 3.05) is 6.54 Å². The number of nitrogens with two attached hydrogens (primary N) is 1. The first-order chi connectivity index (χ1) is 8.25. The first kappa shape index (κ1) is 12.1. The molecule has 0 radical (unpaired) electrons. The highest BCUT2D eigenvalue weighted by Crippen LogP contribution is 2.39. The third-order valence-electron chi connectivity index (χ3n) is 3.13. The van der Waals surface area contributed by atoms with E-state index in [2.05, 4.69) is 29.6 Å². The summed E-state index contributed by atoms with van der Waals surface area (Å²) >= 11 is 0. The second-order valence-electron chi connectivity index (χ2n) is 4.76. The molecule has 17 heavy (non-hydrogen) atoms. The average molecular weight is 232 g/mol. The lowest BCUT2D eigenvalue weighted by Gasteiger charge is -2.05. The second kappa shape index (κ2) is 5.82. The maximum Gasteiger partial charge on any atom is 0.217 e. The number of hydrogen-bond acceptors (Lipinski definition) is 2. The Morgan fingerprint density at radius 1 is 1.29 bits per heavy atom. The molecule has 92 valence electrons. The predicted molar refractivity (Wildman–Crippen MR) is 68.6 cm³/mol. The average Bonchev–Trinajstić information content (AvgIpc) is 3.13. The van der Waals surface area contributed by atoms with Crippen molar-refractivity contribution in [2.45, 2.75) is 38.1 Å². The van der Waals surface area contributed by atoms with Gasteiger partial charge in [0, 0.05) is 13.0 Å². The fourth-order valence-corrected chi connectivity index (χ4v) is 1.94. The van der Waals surface area contributed by atoms with Crippen molar-refractivity contribution in [1.82, 2.24) is 5.32 Å². The van der Waals surface area contributed by atoms with Gasteiger partial charge >= 0.3 is 0 Å². The van der Waals surface area contributed by atoms with Crippen LogP contribution in [0.15, 0.2) is 24.3 Å². The highest BCUT2D eigenvalue weighted by molar-refractivity contribution is 5.73. The molecule has 2 rings (SSSR count). The Labute approximate surface area is 102 Å². The number of primary amides is 1. The molecule has 0 saturated heterocycles. The number of hydrogen-bond donors (Lipinski definition) is 2. The third kappa shape index (κ3) is 4.19. The van der Waals surface area contributed by atoms with Gasteiger partial charge in [0.05, 0.1) is 0 Å². The van der Waals surface area contributed by atoms with Crippen LogP contribution in [-0.4, -0.2) is 12.5 Å². The quantitative estimate of drug-likeness (QED) is 0.706. The van der Waals surface area contributed by atoms with Crippen molar-refractivity contribution in [3.8, 4) is 0 Å². The first-order valence-corrected chi connectivity index (χ1v) is 6.33. The Hall–Kier alpha value is -1.35. The summed E-state index contributed by atoms with van der Waals surface area (Å²) in [6.45, 7) is 1.71. The van der Waals surface area contributed by atoms with Crippen molar-refractivity contribution >= 4 is 5.91 Å². The van der Waals surface area contributed by atoms with E-state index >= 15 is 0 Å². The summed E-state index contributed by atoms with van der Waals surface area (Å²) in [5.74, 6) is 0.605. The molecule has 1 fully saturated rings. The molecular formula is C14H20N2O. The van der Waals surface area contributed by atoms with Gasteiger partial charge in [0.25, 0.3) is 0 Å². The fraction of sp³-hybridized carbons (Fsp3) is 0.500. The molecule has 0 spiro atoms. The van der Waals surface area contributed by atoms with Gasteiger partial charge in [0.1, 0.15) is 0 Å². The fourth-order valence-electron chi connectivity index (χ4n) is 1.94. The lowest BCUT2D eigenvalue weighted by Crippen LogP contribution is -2.18. The topological polar surface area (TPSA) is 55.1 Å². The van der Waals surface area contributed by atoms with E-state index in [1.807, 2.05) is 0 Å². The van der Waals surface area contributed by atoms with Crippen LogP contribution in [-0.2, 0) is 11.3 Å². The predicted octanol–water partition coefficient (Wildman–Crippen LogP) is 1.92. The molecule has 1 amide bonds. The summed E-state index contributed by atoms with van der Waals surface area (Å²) in [5, 5.41) is 3.31. The number of carbonyl (C=O) groups is 1. The monoisotopic (exact) mass is 232 g/mol. The molecule has 3 heteroatoms. The highest BCUT2D eigenvalue weighted by atomic mass is 16.1. The number of amides is 1. The largest absolute Gasteiger partial charge is 0.370 e. The molecule has 0 heterocycles. The smallest absolute Gasteiger partial charge is 0.217 e. The van der Waals surface area contributed by atoms with Crippen molar-refractivity contribution in [3.05, 3.63) is 35.4 Å². The summed E-state index contributed by atoms with van der Waals surface area (Å²) in [6, 6.07) is 8.85. The van der Waals surface area contributed by atoms with Crippen molar-refractivity contribution in [3.63, 3.8) is 0 Å². The van der Waals surface area contributed by atoms with Crippen molar-refractivity contribution in [2.24, 2.45) is 5.73 Å². The van der Waals surface area contributed by atoms with Gasteiger partial charge in [-0.25, -0.2) is 0 Å². The van der Waals surface area contributed by atoms with Crippen LogP contribution in [0.25, 0.3) is 0 Å². The van der Waals surface area contributed by atoms with E-state index in [0.717, 1.165) is 25.4 Å². The molecule has 3 N–H and O–H groups in total. The molecule has 0 unspecified atom stereocenters. The Kier molecular flexibility index (Phi) is 4.15. The Morgan fingerprint density at radius 3 is 2.59 bits per heavy atom. The van der Waals surface area contributed by atoms with E-state index in [9.17, 15) is 4.79 Å². The second-order valence-corrected chi connectivity index (χ2v) is 4.76. The Bertz CT molecular complexity index is 368. The first-order valence-electron chi connectivity index (χ1n) is 6.33. The third-order valence-corrected chi connectivity index (χ3v) is 3.13. The summed E-state index contributed by atoms with van der Waals surface area (Å²) in [5.41, 5.74) is 7.84. The molecule has 0 atom stereocenters. The van der Waals surface area contributed by atoms with Gasteiger partial charge in [0.15, 0.2) is 0 Å². The number of rotatable bonds is 7. The van der Waals surface area contributed by atoms with Crippen LogP contribution < -0.4 is 11.1 Å². The van der Waals surface area contributed by atoms with Gasteiger partial charge in [-0.05, 0) is 42.9 Å². The van der Waals surface area contributed by atoms with Crippen LogP contribution in [0.1, 0.15) is 42.7 Å². The Balaban J connectivity index is 1.66.